The predicted molar refractivity (Wildman–Crippen MR) is 229 cm³/mol. The van der Waals surface area contributed by atoms with E-state index < -0.39 is 145 Å². The van der Waals surface area contributed by atoms with Crippen LogP contribution in [0.4, 0.5) is 0 Å². The molecular formula is C42H62N8O15. The summed E-state index contributed by atoms with van der Waals surface area (Å²) in [5.41, 5.74) is 0.369. The summed E-state index contributed by atoms with van der Waals surface area (Å²) < 4.78 is 0. The van der Waals surface area contributed by atoms with Gasteiger partial charge in [0.05, 0.1) is 12.6 Å². The van der Waals surface area contributed by atoms with Crippen molar-refractivity contribution in [1.29, 1.82) is 0 Å². The topological polar surface area (TPSA) is 353 Å². The number of ketones is 1. The van der Waals surface area contributed by atoms with E-state index in [0.717, 1.165) is 11.8 Å². The summed E-state index contributed by atoms with van der Waals surface area (Å²) in [7, 11) is 0. The molecule has 65 heavy (non-hydrogen) atoms. The Labute approximate surface area is 375 Å². The first-order valence-electron chi connectivity index (χ1n) is 21.1. The van der Waals surface area contributed by atoms with E-state index in [-0.39, 0.29) is 32.4 Å². The van der Waals surface area contributed by atoms with Crippen molar-refractivity contribution >= 4 is 70.9 Å². The number of hydrogen-bond donors (Lipinski definition) is 10. The van der Waals surface area contributed by atoms with Crippen LogP contribution in [0.2, 0.25) is 0 Å². The lowest BCUT2D eigenvalue weighted by molar-refractivity contribution is -0.143. The Morgan fingerprint density at radius 1 is 0.615 bits per heavy atom. The van der Waals surface area contributed by atoms with Gasteiger partial charge in [0.25, 0.3) is 11.8 Å². The van der Waals surface area contributed by atoms with Crippen LogP contribution in [-0.2, 0) is 52.7 Å². The summed E-state index contributed by atoms with van der Waals surface area (Å²) in [6.07, 6.45) is -1.59. The molecule has 0 saturated carbocycles. The molecule has 8 amide bonds. The predicted octanol–water partition coefficient (Wildman–Crippen LogP) is -1.31. The Balaban J connectivity index is 3.42. The van der Waals surface area contributed by atoms with E-state index in [1.807, 2.05) is 5.32 Å². The zero-order valence-electron chi connectivity index (χ0n) is 37.4. The molecule has 1 aromatic carbocycles. The molecule has 0 radical (unpaired) electrons. The molecule has 5 unspecified atom stereocenters. The van der Waals surface area contributed by atoms with Gasteiger partial charge < -0.3 is 57.4 Å². The number of Topliss-reactive ketones (excluding diaryl/α,β-unsaturated/α-hetero) is 1. The monoisotopic (exact) mass is 918 g/mol. The van der Waals surface area contributed by atoms with E-state index in [1.54, 1.807) is 65.0 Å². The fourth-order valence-corrected chi connectivity index (χ4v) is 6.14. The van der Waals surface area contributed by atoms with Crippen molar-refractivity contribution in [2.24, 2.45) is 11.8 Å². The van der Waals surface area contributed by atoms with Gasteiger partial charge in [-0.05, 0) is 49.7 Å². The van der Waals surface area contributed by atoms with E-state index in [0.29, 0.717) is 12.0 Å². The van der Waals surface area contributed by atoms with Crippen LogP contribution in [0.3, 0.4) is 0 Å². The quantitative estimate of drug-likeness (QED) is 0.0316. The number of nitrogens with one attached hydrogen (secondary N) is 7. The first-order chi connectivity index (χ1) is 30.5. The summed E-state index contributed by atoms with van der Waals surface area (Å²) in [5.74, 6) is -13.4. The fraction of sp³-hybridized carbons (Fsp3) is 0.571. The van der Waals surface area contributed by atoms with Gasteiger partial charge in [-0.25, -0.2) is 0 Å². The third-order valence-electron chi connectivity index (χ3n) is 9.52. The van der Waals surface area contributed by atoms with Gasteiger partial charge in [0, 0.05) is 38.4 Å². The molecule has 10 N–H and O–H groups in total. The van der Waals surface area contributed by atoms with Crippen LogP contribution in [-0.4, -0.2) is 148 Å². The van der Waals surface area contributed by atoms with Crippen LogP contribution in [0, 0.1) is 11.8 Å². The largest absolute Gasteiger partial charge is 0.481 e. The summed E-state index contributed by atoms with van der Waals surface area (Å²) in [5, 5.41) is 44.2. The molecule has 0 fully saturated rings. The summed E-state index contributed by atoms with van der Waals surface area (Å²) >= 11 is 0. The Kier molecular flexibility index (Phi) is 24.8. The van der Waals surface area contributed by atoms with Crippen molar-refractivity contribution in [3.63, 3.8) is 0 Å². The highest BCUT2D eigenvalue weighted by Crippen LogP contribution is 2.12. The minimum absolute atomic E-state index is 0.0149. The molecule has 0 bridgehead atoms. The Bertz CT molecular complexity index is 1870. The SMILES string of the molecule is CCCC(NC(=O)CN(CCCNC(=O)c1ccccc1)C(=O)C(NC(=O)C(NC(=O)C(CCC(=O)O)NC(=O)C(CCC(=O)O)NC(C)=O)C(C)C)C(C)C)C(=O)C(=O)NCC(=O)O. The van der Waals surface area contributed by atoms with Crippen LogP contribution < -0.4 is 37.2 Å². The maximum absolute atomic E-state index is 14.3. The lowest BCUT2D eigenvalue weighted by Crippen LogP contribution is -2.60. The molecule has 23 heteroatoms. The summed E-state index contributed by atoms with van der Waals surface area (Å²) in [6, 6.07) is 1.11. The molecule has 1 aromatic rings. The van der Waals surface area contributed by atoms with Crippen molar-refractivity contribution in [3.8, 4) is 0 Å². The summed E-state index contributed by atoms with van der Waals surface area (Å²) in [4.78, 5) is 153. The Morgan fingerprint density at radius 3 is 1.66 bits per heavy atom. The number of carbonyl (C=O) groups excluding carboxylic acids is 9. The van der Waals surface area contributed by atoms with E-state index in [4.69, 9.17) is 10.2 Å². The zero-order chi connectivity index (χ0) is 49.4. The highest BCUT2D eigenvalue weighted by molar-refractivity contribution is 6.38. The maximum atomic E-state index is 14.3. The van der Waals surface area contributed by atoms with Gasteiger partial charge in [-0.2, -0.15) is 0 Å². The van der Waals surface area contributed by atoms with Crippen molar-refractivity contribution in [2.45, 2.75) is 117 Å². The van der Waals surface area contributed by atoms with Crippen LogP contribution in [0.5, 0.6) is 0 Å². The molecular weight excluding hydrogens is 857 g/mol. The van der Waals surface area contributed by atoms with E-state index >= 15 is 0 Å². The number of aliphatic carboxylic acids is 3. The van der Waals surface area contributed by atoms with Crippen LogP contribution in [0.15, 0.2) is 30.3 Å². The average molecular weight is 919 g/mol. The van der Waals surface area contributed by atoms with Gasteiger partial charge in [0.15, 0.2) is 0 Å². The minimum atomic E-state index is -1.58. The number of rotatable bonds is 30. The van der Waals surface area contributed by atoms with Crippen molar-refractivity contribution in [1.82, 2.24) is 42.1 Å². The normalized spacial score (nSPS) is 13.1. The van der Waals surface area contributed by atoms with Gasteiger partial charge in [-0.3, -0.25) is 57.5 Å². The lowest BCUT2D eigenvalue weighted by atomic mass is 9.98. The van der Waals surface area contributed by atoms with Gasteiger partial charge >= 0.3 is 17.9 Å². The molecule has 0 aromatic heterocycles. The standard InChI is InChI=1S/C42H62N8O15/c1-7-12-27(36(59)41(64)44-21-33(57)58)46-30(52)22-50(20-11-19-43-37(60)26-13-9-8-10-14-26)42(65)35(24(4)5)49-40(63)34(23(2)3)48-39(62)29(16-18-32(55)56)47-38(61)28(45-25(6)51)15-17-31(53)54/h8-10,13-14,23-24,27-29,34-35H,7,11-12,15-22H2,1-6H3,(H,43,60)(H,44,64)(H,45,51)(H,46,52)(H,47,61)(H,48,62)(H,49,63)(H,53,54)(H,55,56)(H,57,58). The van der Waals surface area contributed by atoms with Gasteiger partial charge in [0.2, 0.25) is 41.2 Å². The average Bonchev–Trinajstić information content (AvgIpc) is 3.23. The van der Waals surface area contributed by atoms with Crippen LogP contribution in [0.25, 0.3) is 0 Å². The first kappa shape index (κ1) is 56.1. The number of hydrogen-bond acceptors (Lipinski definition) is 12. The van der Waals surface area contributed by atoms with Crippen LogP contribution >= 0.6 is 0 Å². The summed E-state index contributed by atoms with van der Waals surface area (Å²) in [6.45, 7) is 7.35. The van der Waals surface area contributed by atoms with Crippen molar-refractivity contribution in [2.75, 3.05) is 26.2 Å². The van der Waals surface area contributed by atoms with Crippen LogP contribution in [0.1, 0.15) is 96.8 Å². The number of amides is 8. The second-order valence-electron chi connectivity index (χ2n) is 15.7. The number of carboxylic acid groups (broad SMARTS) is 3. The molecule has 0 heterocycles. The molecule has 0 aliphatic rings. The van der Waals surface area contributed by atoms with E-state index in [9.17, 15) is 62.6 Å². The second kappa shape index (κ2) is 28.7. The molecule has 1 rings (SSSR count). The highest BCUT2D eigenvalue weighted by Gasteiger charge is 2.36. The first-order valence-corrected chi connectivity index (χ1v) is 21.1. The number of nitrogens with zero attached hydrogens (tertiary/aromatic N) is 1. The fourth-order valence-electron chi connectivity index (χ4n) is 6.14. The lowest BCUT2D eigenvalue weighted by Gasteiger charge is -2.32. The van der Waals surface area contributed by atoms with E-state index in [2.05, 4.69) is 31.9 Å². The molecule has 5 atom stereocenters. The molecule has 0 saturated heterocycles. The molecule has 0 aliphatic carbocycles. The minimum Gasteiger partial charge on any atom is -0.481 e. The Morgan fingerprint density at radius 2 is 1.15 bits per heavy atom. The maximum Gasteiger partial charge on any atom is 0.322 e. The third-order valence-corrected chi connectivity index (χ3v) is 9.52. The van der Waals surface area contributed by atoms with E-state index in [1.165, 1.54) is 0 Å². The molecule has 0 spiro atoms. The highest BCUT2D eigenvalue weighted by atomic mass is 16.4. The van der Waals surface area contributed by atoms with Gasteiger partial charge in [0.1, 0.15) is 30.7 Å². The number of carboxylic acids is 3. The third kappa shape index (κ3) is 21.3. The zero-order valence-corrected chi connectivity index (χ0v) is 37.4. The smallest absolute Gasteiger partial charge is 0.322 e. The van der Waals surface area contributed by atoms with Crippen molar-refractivity contribution in [3.05, 3.63) is 35.9 Å². The van der Waals surface area contributed by atoms with Gasteiger partial charge in [-0.1, -0.05) is 59.2 Å². The second-order valence-corrected chi connectivity index (χ2v) is 15.7. The number of carbonyl (C=O) groups is 12. The van der Waals surface area contributed by atoms with Gasteiger partial charge in [-0.15, -0.1) is 0 Å². The Hall–Kier alpha value is -6.94. The number of benzene rings is 1. The van der Waals surface area contributed by atoms with Crippen molar-refractivity contribution < 1.29 is 72.9 Å². The molecule has 360 valence electrons. The molecule has 0 aliphatic heterocycles. The molecule has 23 nitrogen and oxygen atoms in total.